The van der Waals surface area contributed by atoms with Crippen LogP contribution in [0.5, 0.6) is 0 Å². The summed E-state index contributed by atoms with van der Waals surface area (Å²) in [6, 6.07) is 14.0. The third-order valence-corrected chi connectivity index (χ3v) is 8.29. The van der Waals surface area contributed by atoms with E-state index in [4.69, 9.17) is 28.9 Å². The minimum absolute atomic E-state index is 0.0278. The van der Waals surface area contributed by atoms with Crippen LogP contribution >= 0.6 is 23.2 Å². The highest BCUT2D eigenvalue weighted by molar-refractivity contribution is 6.42. The van der Waals surface area contributed by atoms with E-state index in [0.29, 0.717) is 39.2 Å². The molecular weight excluding hydrogens is 467 g/mol. The zero-order valence-corrected chi connectivity index (χ0v) is 21.4. The van der Waals surface area contributed by atoms with Gasteiger partial charge in [0.1, 0.15) is 11.8 Å². The molecule has 34 heavy (non-hydrogen) atoms. The Morgan fingerprint density at radius 3 is 2.47 bits per heavy atom. The molecule has 2 aliphatic rings. The molecule has 0 spiro atoms. The lowest BCUT2D eigenvalue weighted by molar-refractivity contribution is -0.273. The van der Waals surface area contributed by atoms with Crippen molar-refractivity contribution in [1.29, 1.82) is 0 Å². The number of rotatable bonds is 5. The van der Waals surface area contributed by atoms with Crippen molar-refractivity contribution in [3.63, 3.8) is 0 Å². The lowest BCUT2D eigenvalue weighted by atomic mass is 9.81. The summed E-state index contributed by atoms with van der Waals surface area (Å²) in [5, 5.41) is 1.25. The number of hydrogen-bond acceptors (Lipinski definition) is 3. The van der Waals surface area contributed by atoms with Gasteiger partial charge in [-0.15, -0.1) is 0 Å². The summed E-state index contributed by atoms with van der Waals surface area (Å²) in [5.41, 5.74) is 13.2. The van der Waals surface area contributed by atoms with E-state index in [0.717, 1.165) is 51.0 Å². The van der Waals surface area contributed by atoms with Gasteiger partial charge < -0.3 is 16.4 Å². The molecule has 0 bridgehead atoms. The molecule has 182 valence electrons. The Balaban J connectivity index is 1.30. The van der Waals surface area contributed by atoms with Crippen molar-refractivity contribution in [2.45, 2.75) is 38.6 Å². The Bertz CT molecular complexity index is 1050. The first-order valence-corrected chi connectivity index (χ1v) is 12.9. The van der Waals surface area contributed by atoms with Gasteiger partial charge in [-0.25, -0.2) is 0 Å². The number of nitrogen functional groups attached to an aromatic ring is 1. The first kappa shape index (κ1) is 25.1. The zero-order valence-electron chi connectivity index (χ0n) is 19.9. The molecule has 4 rings (SSSR count). The van der Waals surface area contributed by atoms with E-state index in [1.807, 2.05) is 41.3 Å². The number of halogens is 2. The van der Waals surface area contributed by atoms with Gasteiger partial charge in [0.15, 0.2) is 0 Å². The molecule has 0 aliphatic carbocycles. The summed E-state index contributed by atoms with van der Waals surface area (Å²) >= 11 is 12.3. The third kappa shape index (κ3) is 5.60. The van der Waals surface area contributed by atoms with E-state index in [-0.39, 0.29) is 5.91 Å². The predicted octanol–water partition coefficient (Wildman–Crippen LogP) is 4.35. The first-order valence-electron chi connectivity index (χ1n) is 12.2. The highest BCUT2D eigenvalue weighted by atomic mass is 35.5. The fourth-order valence-electron chi connectivity index (χ4n) is 5.49. The number of amides is 1. The summed E-state index contributed by atoms with van der Waals surface area (Å²) in [6.45, 7) is 6.12. The van der Waals surface area contributed by atoms with Crippen molar-refractivity contribution in [1.82, 2.24) is 9.80 Å². The van der Waals surface area contributed by atoms with Gasteiger partial charge in [-0.1, -0.05) is 54.4 Å². The van der Waals surface area contributed by atoms with E-state index in [1.165, 1.54) is 12.0 Å². The SMILES string of the molecule is CC1CN(C2CCN(C(=O)/C(=C/[NH3+])c3ccccc3N)CC2)CCC1Cc1ccc(Cl)c(Cl)c1. The van der Waals surface area contributed by atoms with Crippen LogP contribution in [0.3, 0.4) is 0 Å². The Labute approximate surface area is 212 Å². The molecule has 7 heteroatoms. The lowest BCUT2D eigenvalue weighted by Gasteiger charge is -2.44. The number of carbonyl (C=O) groups is 1. The van der Waals surface area contributed by atoms with Crippen molar-refractivity contribution < 1.29 is 10.5 Å². The van der Waals surface area contributed by atoms with Crippen molar-refractivity contribution in [3.8, 4) is 0 Å². The molecule has 0 aromatic heterocycles. The van der Waals surface area contributed by atoms with Gasteiger partial charge in [-0.3, -0.25) is 9.69 Å². The molecule has 2 saturated heterocycles. The number of likely N-dealkylation sites (tertiary alicyclic amines) is 2. The highest BCUT2D eigenvalue weighted by Gasteiger charge is 2.33. The van der Waals surface area contributed by atoms with Crippen molar-refractivity contribution in [2.24, 2.45) is 11.8 Å². The quantitative estimate of drug-likeness (QED) is 0.472. The molecule has 2 aromatic carbocycles. The average Bonchev–Trinajstić information content (AvgIpc) is 2.84. The molecule has 2 aromatic rings. The predicted molar refractivity (Wildman–Crippen MR) is 140 cm³/mol. The van der Waals surface area contributed by atoms with Gasteiger partial charge in [-0.2, -0.15) is 0 Å². The normalized spacial score (nSPS) is 22.7. The minimum atomic E-state index is 0.0278. The second-order valence-corrected chi connectivity index (χ2v) is 10.5. The molecule has 1 amide bonds. The van der Waals surface area contributed by atoms with Crippen molar-refractivity contribution >= 4 is 40.4 Å². The van der Waals surface area contributed by atoms with Crippen LogP contribution in [-0.2, 0) is 11.2 Å². The monoisotopic (exact) mass is 501 g/mol. The molecule has 2 heterocycles. The van der Waals surface area contributed by atoms with Gasteiger partial charge in [0.25, 0.3) is 5.91 Å². The smallest absolute Gasteiger partial charge is 0.259 e. The van der Waals surface area contributed by atoms with Crippen LogP contribution in [0.2, 0.25) is 10.0 Å². The molecule has 0 saturated carbocycles. The minimum Gasteiger partial charge on any atom is -0.398 e. The zero-order chi connectivity index (χ0) is 24.2. The molecule has 2 unspecified atom stereocenters. The van der Waals surface area contributed by atoms with E-state index >= 15 is 0 Å². The van der Waals surface area contributed by atoms with Gasteiger partial charge in [-0.05, 0) is 67.8 Å². The number of nitrogens with zero attached hydrogens (tertiary/aromatic N) is 2. The fourth-order valence-corrected chi connectivity index (χ4v) is 5.81. The summed E-state index contributed by atoms with van der Waals surface area (Å²) in [6.07, 6.45) is 5.87. The first-order chi connectivity index (χ1) is 16.4. The topological polar surface area (TPSA) is 77.2 Å². The Morgan fingerprint density at radius 1 is 1.09 bits per heavy atom. The molecule has 0 radical (unpaired) electrons. The summed E-state index contributed by atoms with van der Waals surface area (Å²) < 4.78 is 0. The number of quaternary nitrogens is 1. The summed E-state index contributed by atoms with van der Waals surface area (Å²) in [4.78, 5) is 17.8. The molecule has 5 N–H and O–H groups in total. The third-order valence-electron chi connectivity index (χ3n) is 7.55. The maximum atomic E-state index is 13.2. The van der Waals surface area contributed by atoms with Crippen LogP contribution in [-0.4, -0.2) is 47.9 Å². The Hall–Kier alpha value is -2.05. The van der Waals surface area contributed by atoms with Crippen LogP contribution in [0.15, 0.2) is 48.7 Å². The second kappa shape index (κ2) is 11.1. The van der Waals surface area contributed by atoms with E-state index in [1.54, 1.807) is 6.20 Å². The summed E-state index contributed by atoms with van der Waals surface area (Å²) in [5.74, 6) is 1.29. The van der Waals surface area contributed by atoms with Crippen LogP contribution < -0.4 is 11.5 Å². The standard InChI is InChI=1S/C27H34Cl2N4O/c1-18-17-33(11-8-20(18)14-19-6-7-24(28)25(29)15-19)21-9-12-32(13-10-21)27(34)23(16-30)22-4-2-3-5-26(22)31/h2-7,15-16,18,20-21H,8-14,17,30-31H2,1H3/p+1/b23-16+. The number of piperidine rings is 2. The molecule has 2 atom stereocenters. The van der Waals surface area contributed by atoms with Crippen LogP contribution in [0, 0.1) is 11.8 Å². The van der Waals surface area contributed by atoms with Crippen LogP contribution in [0.4, 0.5) is 5.69 Å². The maximum Gasteiger partial charge on any atom is 0.259 e. The molecule has 5 nitrogen and oxygen atoms in total. The van der Waals surface area contributed by atoms with Gasteiger partial charge in [0.2, 0.25) is 0 Å². The number of anilines is 1. The number of nitrogens with two attached hydrogens (primary N) is 1. The molecule has 2 fully saturated rings. The maximum absolute atomic E-state index is 13.2. The van der Waals surface area contributed by atoms with Crippen LogP contribution in [0.1, 0.15) is 37.3 Å². The molecular formula is C27H35Cl2N4O+. The molecule has 2 aliphatic heterocycles. The number of carbonyl (C=O) groups excluding carboxylic acids is 1. The Morgan fingerprint density at radius 2 is 1.82 bits per heavy atom. The largest absolute Gasteiger partial charge is 0.398 e. The summed E-state index contributed by atoms with van der Waals surface area (Å²) in [7, 11) is 0. The van der Waals surface area contributed by atoms with Gasteiger partial charge in [0.05, 0.1) is 10.0 Å². The van der Waals surface area contributed by atoms with E-state index in [9.17, 15) is 4.79 Å². The highest BCUT2D eigenvalue weighted by Crippen LogP contribution is 2.32. The van der Waals surface area contributed by atoms with Crippen molar-refractivity contribution in [2.75, 3.05) is 31.9 Å². The average molecular weight is 503 g/mol. The van der Waals surface area contributed by atoms with E-state index < -0.39 is 0 Å². The lowest BCUT2D eigenvalue weighted by Crippen LogP contribution is -2.51. The Kier molecular flexibility index (Phi) is 8.20. The fraction of sp³-hybridized carbons (Fsp3) is 0.444. The second-order valence-electron chi connectivity index (χ2n) is 9.70. The van der Waals surface area contributed by atoms with Gasteiger partial charge in [0, 0.05) is 36.9 Å². The number of hydrogen-bond donors (Lipinski definition) is 2. The van der Waals surface area contributed by atoms with Gasteiger partial charge >= 0.3 is 0 Å². The number of benzene rings is 2. The van der Waals surface area contributed by atoms with E-state index in [2.05, 4.69) is 23.6 Å². The van der Waals surface area contributed by atoms with Crippen molar-refractivity contribution in [3.05, 3.63) is 69.8 Å². The van der Waals surface area contributed by atoms with Crippen LogP contribution in [0.25, 0.3) is 5.57 Å². The number of para-hydroxylation sites is 1.